The van der Waals surface area contributed by atoms with Crippen LogP contribution in [0.2, 0.25) is 0 Å². The zero-order chi connectivity index (χ0) is 19.0. The van der Waals surface area contributed by atoms with E-state index >= 15 is 0 Å². The molecule has 0 radical (unpaired) electrons. The van der Waals surface area contributed by atoms with Crippen molar-refractivity contribution in [2.24, 2.45) is 5.41 Å². The zero-order valence-corrected chi connectivity index (χ0v) is 15.9. The van der Waals surface area contributed by atoms with Gasteiger partial charge in [-0.2, -0.15) is 0 Å². The summed E-state index contributed by atoms with van der Waals surface area (Å²) in [5.74, 6) is -0.538. The largest absolute Gasteiger partial charge is 0.497 e. The normalized spacial score (nSPS) is 19.0. The maximum atomic E-state index is 14.5. The van der Waals surface area contributed by atoms with Gasteiger partial charge in [0.05, 0.1) is 23.7 Å². The summed E-state index contributed by atoms with van der Waals surface area (Å²) in [6, 6.07) is 4.49. The van der Waals surface area contributed by atoms with E-state index in [1.807, 2.05) is 27.7 Å². The number of carbonyl (C=O) groups excluding carboxylic acids is 1. The van der Waals surface area contributed by atoms with Crippen molar-refractivity contribution in [2.45, 2.75) is 52.7 Å². The maximum absolute atomic E-state index is 14.5. The van der Waals surface area contributed by atoms with Crippen LogP contribution in [0.5, 0.6) is 5.75 Å². The molecule has 0 saturated carbocycles. The van der Waals surface area contributed by atoms with E-state index < -0.39 is 29.6 Å². The first-order valence-corrected chi connectivity index (χ1v) is 8.26. The van der Waals surface area contributed by atoms with Crippen molar-refractivity contribution in [2.75, 3.05) is 13.7 Å². The minimum absolute atomic E-state index is 0.0783. The van der Waals surface area contributed by atoms with E-state index in [0.29, 0.717) is 11.2 Å². The van der Waals surface area contributed by atoms with Crippen molar-refractivity contribution < 1.29 is 28.0 Å². The molecule has 0 atom stereocenters. The molecule has 1 aromatic carbocycles. The van der Waals surface area contributed by atoms with Crippen molar-refractivity contribution in [1.82, 2.24) is 0 Å². The van der Waals surface area contributed by atoms with Crippen LogP contribution in [-0.2, 0) is 18.8 Å². The number of ether oxygens (including phenoxy) is 2. The Morgan fingerprint density at radius 2 is 1.76 bits per heavy atom. The van der Waals surface area contributed by atoms with Crippen molar-refractivity contribution >= 4 is 18.6 Å². The Labute approximate surface area is 148 Å². The van der Waals surface area contributed by atoms with Crippen LogP contribution in [-0.4, -0.2) is 38.0 Å². The number of esters is 1. The molecule has 0 spiro atoms. The molecular weight excluding hydrogens is 326 g/mol. The summed E-state index contributed by atoms with van der Waals surface area (Å²) in [7, 11) is 0.550. The van der Waals surface area contributed by atoms with Gasteiger partial charge in [0.15, 0.2) is 0 Å². The first-order chi connectivity index (χ1) is 11.4. The Bertz CT molecular complexity index is 641. The fraction of sp³-hybridized carbons (Fsp3) is 0.611. The predicted octanol–water partition coefficient (Wildman–Crippen LogP) is 2.70. The lowest BCUT2D eigenvalue weighted by Crippen LogP contribution is -2.41. The van der Waals surface area contributed by atoms with E-state index in [4.69, 9.17) is 18.8 Å². The van der Waals surface area contributed by atoms with Crippen LogP contribution in [0.3, 0.4) is 0 Å². The molecule has 2 rings (SSSR count). The van der Waals surface area contributed by atoms with Gasteiger partial charge in [-0.3, -0.25) is 4.79 Å². The monoisotopic (exact) mass is 352 g/mol. The van der Waals surface area contributed by atoms with Crippen LogP contribution in [0, 0.1) is 11.2 Å². The number of halogens is 1. The predicted molar refractivity (Wildman–Crippen MR) is 93.4 cm³/mol. The van der Waals surface area contributed by atoms with Crippen LogP contribution < -0.4 is 10.2 Å². The van der Waals surface area contributed by atoms with Crippen LogP contribution in [0.1, 0.15) is 41.5 Å². The van der Waals surface area contributed by atoms with Crippen LogP contribution in [0.4, 0.5) is 4.39 Å². The first kappa shape index (κ1) is 19.7. The van der Waals surface area contributed by atoms with Crippen molar-refractivity contribution in [1.29, 1.82) is 0 Å². The topological polar surface area (TPSA) is 54.0 Å². The van der Waals surface area contributed by atoms with Gasteiger partial charge in [0.2, 0.25) is 0 Å². The summed E-state index contributed by atoms with van der Waals surface area (Å²) in [6.45, 7) is 11.1. The third kappa shape index (κ3) is 3.98. The summed E-state index contributed by atoms with van der Waals surface area (Å²) in [6.07, 6.45) is 0. The second-order valence-corrected chi connectivity index (χ2v) is 7.94. The molecule has 1 saturated heterocycles. The molecule has 138 valence electrons. The summed E-state index contributed by atoms with van der Waals surface area (Å²) in [4.78, 5) is 11.7. The molecule has 0 aliphatic carbocycles. The molecular formula is C18H26BFO5. The highest BCUT2D eigenvalue weighted by molar-refractivity contribution is 6.62. The molecule has 0 aromatic heterocycles. The molecule has 5 nitrogen and oxygen atoms in total. The third-order valence-electron chi connectivity index (χ3n) is 4.82. The highest BCUT2D eigenvalue weighted by atomic mass is 19.1. The van der Waals surface area contributed by atoms with E-state index in [2.05, 4.69) is 0 Å². The van der Waals surface area contributed by atoms with Gasteiger partial charge in [0, 0.05) is 11.5 Å². The number of methoxy groups -OCH3 is 1. The molecule has 25 heavy (non-hydrogen) atoms. The van der Waals surface area contributed by atoms with Crippen LogP contribution in [0.15, 0.2) is 18.2 Å². The van der Waals surface area contributed by atoms with Gasteiger partial charge in [0.25, 0.3) is 0 Å². The van der Waals surface area contributed by atoms with Gasteiger partial charge >= 0.3 is 13.1 Å². The van der Waals surface area contributed by atoms with Crippen LogP contribution >= 0.6 is 0 Å². The SMILES string of the molecule is COC(=O)C(C)(C)COc1ccc(B2OC(C)(C)C(C)(C)O2)c(F)c1. The summed E-state index contributed by atoms with van der Waals surface area (Å²) in [5, 5.41) is 0. The van der Waals surface area contributed by atoms with E-state index in [9.17, 15) is 9.18 Å². The standard InChI is InChI=1S/C18H26BFO5/c1-16(2,15(21)22-7)11-23-12-8-9-13(14(20)10-12)19-24-17(3,4)18(5,6)25-19/h8-10H,11H2,1-7H3. The number of rotatable bonds is 5. The quantitative estimate of drug-likeness (QED) is 0.603. The molecule has 1 aliphatic heterocycles. The minimum atomic E-state index is -0.824. The summed E-state index contributed by atoms with van der Waals surface area (Å²) >= 11 is 0. The molecule has 0 N–H and O–H groups in total. The van der Waals surface area contributed by atoms with Crippen molar-refractivity contribution in [3.05, 3.63) is 24.0 Å². The van der Waals surface area contributed by atoms with E-state index in [-0.39, 0.29) is 12.6 Å². The Hall–Kier alpha value is -1.60. The van der Waals surface area contributed by atoms with Gasteiger partial charge in [-0.25, -0.2) is 4.39 Å². The average Bonchev–Trinajstić information content (AvgIpc) is 2.72. The number of benzene rings is 1. The fourth-order valence-electron chi connectivity index (χ4n) is 2.36. The first-order valence-electron chi connectivity index (χ1n) is 8.26. The Kier molecular flexibility index (Phi) is 5.22. The third-order valence-corrected chi connectivity index (χ3v) is 4.82. The molecule has 0 unspecified atom stereocenters. The Morgan fingerprint density at radius 3 is 2.24 bits per heavy atom. The van der Waals surface area contributed by atoms with Crippen molar-refractivity contribution in [3.63, 3.8) is 0 Å². The highest BCUT2D eigenvalue weighted by Crippen LogP contribution is 2.36. The van der Waals surface area contributed by atoms with Gasteiger partial charge in [-0.15, -0.1) is 0 Å². The van der Waals surface area contributed by atoms with Gasteiger partial charge < -0.3 is 18.8 Å². The molecule has 0 amide bonds. The summed E-state index contributed by atoms with van der Waals surface area (Å²) in [5.41, 5.74) is -1.58. The maximum Gasteiger partial charge on any atom is 0.497 e. The number of carbonyl (C=O) groups is 1. The number of hydrogen-bond donors (Lipinski definition) is 0. The Morgan fingerprint density at radius 1 is 1.20 bits per heavy atom. The molecule has 1 fully saturated rings. The fourth-order valence-corrected chi connectivity index (χ4v) is 2.36. The molecule has 1 aromatic rings. The van der Waals surface area contributed by atoms with Crippen LogP contribution in [0.25, 0.3) is 0 Å². The average molecular weight is 352 g/mol. The second-order valence-electron chi connectivity index (χ2n) is 7.94. The molecule has 0 bridgehead atoms. The highest BCUT2D eigenvalue weighted by Gasteiger charge is 2.52. The molecule has 7 heteroatoms. The minimum Gasteiger partial charge on any atom is -0.492 e. The molecule has 1 heterocycles. The lowest BCUT2D eigenvalue weighted by Gasteiger charge is -2.32. The van der Waals surface area contributed by atoms with Gasteiger partial charge in [-0.1, -0.05) is 6.07 Å². The van der Waals surface area contributed by atoms with E-state index in [1.165, 1.54) is 13.2 Å². The Balaban J connectivity index is 2.11. The van der Waals surface area contributed by atoms with Crippen molar-refractivity contribution in [3.8, 4) is 5.75 Å². The number of hydrogen-bond acceptors (Lipinski definition) is 5. The second kappa shape index (κ2) is 6.61. The smallest absolute Gasteiger partial charge is 0.492 e. The van der Waals surface area contributed by atoms with E-state index in [1.54, 1.807) is 26.0 Å². The summed E-state index contributed by atoms with van der Waals surface area (Å²) < 4.78 is 36.5. The van der Waals surface area contributed by atoms with Gasteiger partial charge in [-0.05, 0) is 47.6 Å². The zero-order valence-electron chi connectivity index (χ0n) is 15.9. The lowest BCUT2D eigenvalue weighted by molar-refractivity contribution is -0.152. The van der Waals surface area contributed by atoms with E-state index in [0.717, 1.165) is 0 Å². The molecule has 1 aliphatic rings. The lowest BCUT2D eigenvalue weighted by atomic mass is 9.78. The van der Waals surface area contributed by atoms with Gasteiger partial charge in [0.1, 0.15) is 18.2 Å².